The Morgan fingerprint density at radius 2 is 1.65 bits per heavy atom. The minimum atomic E-state index is -3.68. The fourth-order valence-corrected chi connectivity index (χ4v) is 4.70. The SMILES string of the molecule is CCOc1cc(CNCCc2ccc(S(N)(=O)=O)cc2)c(Br)cc1OCc1c(Cl)cccc1Cl. The number of hydrogen-bond acceptors (Lipinski definition) is 5. The van der Waals surface area contributed by atoms with Crippen molar-refractivity contribution in [2.75, 3.05) is 13.2 Å². The maximum Gasteiger partial charge on any atom is 0.238 e. The number of sulfonamides is 1. The van der Waals surface area contributed by atoms with Gasteiger partial charge in [0.1, 0.15) is 6.61 Å². The van der Waals surface area contributed by atoms with Gasteiger partial charge in [0, 0.05) is 26.6 Å². The van der Waals surface area contributed by atoms with E-state index in [4.69, 9.17) is 37.8 Å². The van der Waals surface area contributed by atoms with Crippen LogP contribution in [-0.2, 0) is 29.6 Å². The number of hydrogen-bond donors (Lipinski definition) is 2. The summed E-state index contributed by atoms with van der Waals surface area (Å²) in [5.74, 6) is 1.22. The minimum Gasteiger partial charge on any atom is -0.490 e. The largest absolute Gasteiger partial charge is 0.490 e. The summed E-state index contributed by atoms with van der Waals surface area (Å²) >= 11 is 16.1. The van der Waals surface area contributed by atoms with Gasteiger partial charge >= 0.3 is 0 Å². The van der Waals surface area contributed by atoms with Gasteiger partial charge in [-0.3, -0.25) is 0 Å². The molecule has 0 amide bonds. The van der Waals surface area contributed by atoms with Crippen molar-refractivity contribution in [2.45, 2.75) is 31.4 Å². The summed E-state index contributed by atoms with van der Waals surface area (Å²) in [5, 5.41) is 9.62. The molecule has 0 radical (unpaired) electrons. The van der Waals surface area contributed by atoms with E-state index in [0.29, 0.717) is 46.8 Å². The lowest BCUT2D eigenvalue weighted by molar-refractivity contribution is 0.269. The van der Waals surface area contributed by atoms with E-state index >= 15 is 0 Å². The second-order valence-corrected chi connectivity index (χ2v) is 10.7. The van der Waals surface area contributed by atoms with Gasteiger partial charge in [-0.2, -0.15) is 0 Å². The van der Waals surface area contributed by atoms with Crippen LogP contribution in [0, 0.1) is 0 Å². The Hall–Kier alpha value is -1.81. The molecule has 0 unspecified atom stereocenters. The predicted molar refractivity (Wildman–Crippen MR) is 139 cm³/mol. The van der Waals surface area contributed by atoms with Crippen molar-refractivity contribution in [2.24, 2.45) is 5.14 Å². The molecule has 3 aromatic carbocycles. The summed E-state index contributed by atoms with van der Waals surface area (Å²) in [4.78, 5) is 0.107. The minimum absolute atomic E-state index is 0.107. The average Bonchev–Trinajstić information content (AvgIpc) is 2.78. The molecule has 0 aliphatic heterocycles. The topological polar surface area (TPSA) is 90.6 Å². The number of halogens is 3. The molecular formula is C24H25BrCl2N2O4S. The van der Waals surface area contributed by atoms with Crippen LogP contribution >= 0.6 is 39.1 Å². The number of nitrogens with two attached hydrogens (primary N) is 1. The molecule has 3 aromatic rings. The molecule has 3 rings (SSSR count). The van der Waals surface area contributed by atoms with Gasteiger partial charge in [0.2, 0.25) is 10.0 Å². The van der Waals surface area contributed by atoms with Crippen LogP contribution in [0.5, 0.6) is 11.5 Å². The second kappa shape index (κ2) is 12.2. The van der Waals surface area contributed by atoms with Crippen molar-refractivity contribution in [3.63, 3.8) is 0 Å². The second-order valence-electron chi connectivity index (χ2n) is 7.43. The first-order valence-electron chi connectivity index (χ1n) is 10.5. The van der Waals surface area contributed by atoms with Crippen LogP contribution in [0.3, 0.4) is 0 Å². The van der Waals surface area contributed by atoms with E-state index in [1.807, 2.05) is 19.1 Å². The van der Waals surface area contributed by atoms with Gasteiger partial charge in [0.15, 0.2) is 11.5 Å². The Morgan fingerprint density at radius 1 is 1.00 bits per heavy atom. The number of ether oxygens (including phenoxy) is 2. The van der Waals surface area contributed by atoms with Gasteiger partial charge in [-0.15, -0.1) is 0 Å². The summed E-state index contributed by atoms with van der Waals surface area (Å²) in [6, 6.07) is 15.7. The Morgan fingerprint density at radius 3 is 2.26 bits per heavy atom. The summed E-state index contributed by atoms with van der Waals surface area (Å²) in [5.41, 5.74) is 2.74. The first-order chi connectivity index (χ1) is 16.2. The highest BCUT2D eigenvalue weighted by molar-refractivity contribution is 9.10. The third kappa shape index (κ3) is 7.34. The van der Waals surface area contributed by atoms with Crippen LogP contribution in [0.1, 0.15) is 23.6 Å². The zero-order valence-electron chi connectivity index (χ0n) is 18.5. The third-order valence-corrected chi connectivity index (χ3v) is 7.38. The van der Waals surface area contributed by atoms with E-state index < -0.39 is 10.0 Å². The Labute approximate surface area is 218 Å². The van der Waals surface area contributed by atoms with Crippen molar-refractivity contribution >= 4 is 49.2 Å². The van der Waals surface area contributed by atoms with Crippen LogP contribution in [0.25, 0.3) is 0 Å². The number of primary sulfonamides is 1. The van der Waals surface area contributed by atoms with Crippen LogP contribution in [-0.4, -0.2) is 21.6 Å². The molecule has 0 aliphatic rings. The average molecular weight is 588 g/mol. The first-order valence-corrected chi connectivity index (χ1v) is 13.6. The van der Waals surface area contributed by atoms with Crippen LogP contribution in [0.2, 0.25) is 10.0 Å². The summed E-state index contributed by atoms with van der Waals surface area (Å²) < 4.78 is 35.4. The van der Waals surface area contributed by atoms with Crippen molar-refractivity contribution in [3.05, 3.63) is 85.8 Å². The maximum atomic E-state index is 11.4. The molecule has 3 N–H and O–H groups in total. The molecule has 0 heterocycles. The highest BCUT2D eigenvalue weighted by Crippen LogP contribution is 2.35. The van der Waals surface area contributed by atoms with E-state index in [-0.39, 0.29) is 11.5 Å². The summed E-state index contributed by atoms with van der Waals surface area (Å²) in [7, 11) is -3.68. The fourth-order valence-electron chi connectivity index (χ4n) is 3.22. The highest BCUT2D eigenvalue weighted by Gasteiger charge is 2.13. The predicted octanol–water partition coefficient (Wildman–Crippen LogP) is 5.71. The van der Waals surface area contributed by atoms with Gasteiger partial charge in [0.25, 0.3) is 0 Å². The van der Waals surface area contributed by atoms with Crippen molar-refractivity contribution in [1.29, 1.82) is 0 Å². The third-order valence-electron chi connectivity index (χ3n) is 5.00. The summed E-state index contributed by atoms with van der Waals surface area (Å²) in [6.07, 6.45) is 0.737. The van der Waals surface area contributed by atoms with Gasteiger partial charge < -0.3 is 14.8 Å². The van der Waals surface area contributed by atoms with Crippen LogP contribution in [0.15, 0.2) is 64.0 Å². The Balaban J connectivity index is 1.62. The molecule has 0 atom stereocenters. The maximum absolute atomic E-state index is 11.4. The van der Waals surface area contributed by atoms with Crippen LogP contribution in [0.4, 0.5) is 0 Å². The number of benzene rings is 3. The molecular weight excluding hydrogens is 563 g/mol. The number of nitrogens with one attached hydrogen (secondary N) is 1. The smallest absolute Gasteiger partial charge is 0.238 e. The fraction of sp³-hybridized carbons (Fsp3) is 0.250. The molecule has 0 bridgehead atoms. The molecule has 0 fully saturated rings. The van der Waals surface area contributed by atoms with Gasteiger partial charge in [0.05, 0.1) is 11.5 Å². The van der Waals surface area contributed by atoms with Crippen LogP contribution < -0.4 is 19.9 Å². The van der Waals surface area contributed by atoms with E-state index in [0.717, 1.165) is 22.0 Å². The zero-order valence-corrected chi connectivity index (χ0v) is 22.4. The monoisotopic (exact) mass is 586 g/mol. The molecule has 182 valence electrons. The van der Waals surface area contributed by atoms with E-state index in [9.17, 15) is 8.42 Å². The normalized spacial score (nSPS) is 11.4. The van der Waals surface area contributed by atoms with Crippen molar-refractivity contribution in [3.8, 4) is 11.5 Å². The molecule has 0 aromatic heterocycles. The standard InChI is InChI=1S/C24H25BrCl2N2O4S/c1-2-32-23-12-17(14-29-11-10-16-6-8-18(9-7-16)34(28,30)31)20(25)13-24(23)33-15-19-21(26)4-3-5-22(19)27/h3-9,12-13,29H,2,10-11,14-15H2,1H3,(H2,28,30,31). The molecule has 0 spiro atoms. The molecule has 10 heteroatoms. The molecule has 0 saturated carbocycles. The van der Waals surface area contributed by atoms with Gasteiger partial charge in [-0.25, -0.2) is 13.6 Å². The number of rotatable bonds is 11. The lowest BCUT2D eigenvalue weighted by Crippen LogP contribution is -2.17. The summed E-state index contributed by atoms with van der Waals surface area (Å²) in [6.45, 7) is 3.93. The lowest BCUT2D eigenvalue weighted by Gasteiger charge is -2.16. The van der Waals surface area contributed by atoms with E-state index in [1.165, 1.54) is 12.1 Å². The van der Waals surface area contributed by atoms with E-state index in [1.54, 1.807) is 30.3 Å². The molecule has 6 nitrogen and oxygen atoms in total. The quantitative estimate of drug-likeness (QED) is 0.280. The molecule has 0 aliphatic carbocycles. The first kappa shape index (κ1) is 26.8. The Bertz CT molecular complexity index is 1220. The van der Waals surface area contributed by atoms with Crippen molar-refractivity contribution in [1.82, 2.24) is 5.32 Å². The van der Waals surface area contributed by atoms with Gasteiger partial charge in [-0.1, -0.05) is 57.3 Å². The zero-order chi connectivity index (χ0) is 24.7. The lowest BCUT2D eigenvalue weighted by atomic mass is 10.1. The van der Waals surface area contributed by atoms with Gasteiger partial charge in [-0.05, 0) is 67.4 Å². The molecule has 34 heavy (non-hydrogen) atoms. The van der Waals surface area contributed by atoms with Crippen molar-refractivity contribution < 1.29 is 17.9 Å². The Kier molecular flexibility index (Phi) is 9.65. The highest BCUT2D eigenvalue weighted by atomic mass is 79.9. The van der Waals surface area contributed by atoms with E-state index in [2.05, 4.69) is 21.2 Å². The molecule has 0 saturated heterocycles.